The first-order chi connectivity index (χ1) is 10.8. The fourth-order valence-electron chi connectivity index (χ4n) is 3.04. The van der Waals surface area contributed by atoms with E-state index in [4.69, 9.17) is 9.47 Å². The average Bonchev–Trinajstić information content (AvgIpc) is 3.39. The maximum atomic E-state index is 5.86. The Morgan fingerprint density at radius 2 is 1.82 bits per heavy atom. The van der Waals surface area contributed by atoms with Crippen molar-refractivity contribution in [3.63, 3.8) is 0 Å². The Balaban J connectivity index is 1.32. The Labute approximate surface area is 133 Å². The third kappa shape index (κ3) is 4.62. The van der Waals surface area contributed by atoms with Crippen molar-refractivity contribution in [2.24, 2.45) is 5.92 Å². The molecular weight excluding hydrogens is 276 g/mol. The maximum Gasteiger partial charge on any atom is 0.161 e. The van der Waals surface area contributed by atoms with Gasteiger partial charge in [0.2, 0.25) is 0 Å². The summed E-state index contributed by atoms with van der Waals surface area (Å²) in [4.78, 5) is 2.50. The van der Waals surface area contributed by atoms with Gasteiger partial charge < -0.3 is 14.8 Å². The molecule has 0 atom stereocenters. The highest BCUT2D eigenvalue weighted by atomic mass is 16.5. The lowest BCUT2D eigenvalue weighted by Gasteiger charge is -2.32. The fourth-order valence-corrected chi connectivity index (χ4v) is 3.04. The van der Waals surface area contributed by atoms with Crippen LogP contribution in [0.1, 0.15) is 25.7 Å². The zero-order valence-corrected chi connectivity index (χ0v) is 13.6. The quantitative estimate of drug-likeness (QED) is 0.800. The van der Waals surface area contributed by atoms with Crippen molar-refractivity contribution in [3.8, 4) is 11.5 Å². The third-order valence-electron chi connectivity index (χ3n) is 4.71. The van der Waals surface area contributed by atoms with Gasteiger partial charge in [-0.2, -0.15) is 0 Å². The minimum atomic E-state index is 0.723. The Morgan fingerprint density at radius 1 is 1.09 bits per heavy atom. The van der Waals surface area contributed by atoms with Crippen LogP contribution in [-0.2, 0) is 0 Å². The molecule has 0 bridgehead atoms. The number of para-hydroxylation sites is 2. The number of nitrogens with zero attached hydrogens (tertiary/aromatic N) is 1. The molecule has 0 amide bonds. The fraction of sp³-hybridized carbons (Fsp3) is 0.667. The number of ether oxygens (including phenoxy) is 2. The molecule has 2 aliphatic rings. The molecule has 2 fully saturated rings. The summed E-state index contributed by atoms with van der Waals surface area (Å²) in [5.74, 6) is 2.63. The SMILES string of the molecule is COc1ccccc1OCCN1CCC(NCC2CC2)CC1. The molecule has 1 N–H and O–H groups in total. The van der Waals surface area contributed by atoms with Gasteiger partial charge in [0.05, 0.1) is 7.11 Å². The van der Waals surface area contributed by atoms with Crippen molar-refractivity contribution < 1.29 is 9.47 Å². The van der Waals surface area contributed by atoms with Crippen LogP contribution in [0.25, 0.3) is 0 Å². The van der Waals surface area contributed by atoms with Gasteiger partial charge in [0.25, 0.3) is 0 Å². The number of hydrogen-bond acceptors (Lipinski definition) is 4. The zero-order chi connectivity index (χ0) is 15.2. The Hall–Kier alpha value is -1.26. The monoisotopic (exact) mass is 304 g/mol. The molecule has 1 aromatic carbocycles. The van der Waals surface area contributed by atoms with E-state index in [-0.39, 0.29) is 0 Å². The summed E-state index contributed by atoms with van der Waals surface area (Å²) in [5, 5.41) is 3.73. The van der Waals surface area contributed by atoms with Crippen molar-refractivity contribution in [2.45, 2.75) is 31.7 Å². The van der Waals surface area contributed by atoms with Gasteiger partial charge in [0.15, 0.2) is 11.5 Å². The highest BCUT2D eigenvalue weighted by molar-refractivity contribution is 5.39. The summed E-state index contributed by atoms with van der Waals surface area (Å²) in [6.45, 7) is 5.31. The van der Waals surface area contributed by atoms with Gasteiger partial charge in [0.1, 0.15) is 6.61 Å². The van der Waals surface area contributed by atoms with Crippen LogP contribution < -0.4 is 14.8 Å². The van der Waals surface area contributed by atoms with E-state index in [0.29, 0.717) is 0 Å². The van der Waals surface area contributed by atoms with Gasteiger partial charge in [-0.1, -0.05) is 12.1 Å². The number of hydrogen-bond donors (Lipinski definition) is 1. The molecule has 0 spiro atoms. The summed E-state index contributed by atoms with van der Waals surface area (Å²) in [7, 11) is 1.68. The van der Waals surface area contributed by atoms with Crippen LogP contribution in [0, 0.1) is 5.92 Å². The number of benzene rings is 1. The maximum absolute atomic E-state index is 5.86. The van der Waals surface area contributed by atoms with Crippen molar-refractivity contribution in [1.29, 1.82) is 0 Å². The van der Waals surface area contributed by atoms with Crippen LogP contribution in [0.2, 0.25) is 0 Å². The summed E-state index contributed by atoms with van der Waals surface area (Å²) < 4.78 is 11.2. The summed E-state index contributed by atoms with van der Waals surface area (Å²) in [5.41, 5.74) is 0. The molecule has 4 nitrogen and oxygen atoms in total. The van der Waals surface area contributed by atoms with Crippen molar-refractivity contribution in [2.75, 3.05) is 39.9 Å². The second-order valence-electron chi connectivity index (χ2n) is 6.47. The lowest BCUT2D eigenvalue weighted by atomic mass is 10.0. The van der Waals surface area contributed by atoms with E-state index >= 15 is 0 Å². The minimum absolute atomic E-state index is 0.723. The molecule has 22 heavy (non-hydrogen) atoms. The highest BCUT2D eigenvalue weighted by Gasteiger charge is 2.24. The Bertz CT molecular complexity index is 454. The topological polar surface area (TPSA) is 33.7 Å². The first kappa shape index (κ1) is 15.6. The zero-order valence-electron chi connectivity index (χ0n) is 13.6. The lowest BCUT2D eigenvalue weighted by molar-refractivity contribution is 0.162. The van der Waals surface area contributed by atoms with E-state index in [1.54, 1.807) is 7.11 Å². The summed E-state index contributed by atoms with van der Waals surface area (Å²) in [6, 6.07) is 8.58. The smallest absolute Gasteiger partial charge is 0.161 e. The molecule has 1 aliphatic heterocycles. The van der Waals surface area contributed by atoms with E-state index < -0.39 is 0 Å². The van der Waals surface area contributed by atoms with Crippen LogP contribution in [0.3, 0.4) is 0 Å². The van der Waals surface area contributed by atoms with E-state index in [2.05, 4.69) is 10.2 Å². The van der Waals surface area contributed by atoms with Crippen LogP contribution in [0.15, 0.2) is 24.3 Å². The second kappa shape index (κ2) is 7.84. The molecule has 1 saturated heterocycles. The molecule has 0 aromatic heterocycles. The van der Waals surface area contributed by atoms with Crippen LogP contribution >= 0.6 is 0 Å². The molecule has 1 aliphatic carbocycles. The van der Waals surface area contributed by atoms with Crippen molar-refractivity contribution in [3.05, 3.63) is 24.3 Å². The predicted molar refractivity (Wildman–Crippen MR) is 88.7 cm³/mol. The van der Waals surface area contributed by atoms with Gasteiger partial charge in [-0.25, -0.2) is 0 Å². The molecule has 0 unspecified atom stereocenters. The van der Waals surface area contributed by atoms with Gasteiger partial charge in [-0.05, 0) is 63.4 Å². The van der Waals surface area contributed by atoms with Gasteiger partial charge in [-0.15, -0.1) is 0 Å². The number of nitrogens with one attached hydrogen (secondary N) is 1. The largest absolute Gasteiger partial charge is 0.493 e. The number of rotatable bonds is 8. The Morgan fingerprint density at radius 3 is 2.50 bits per heavy atom. The standard InChI is InChI=1S/C18H28N2O2/c1-21-17-4-2-3-5-18(17)22-13-12-20-10-8-16(9-11-20)19-14-15-6-7-15/h2-5,15-16,19H,6-14H2,1H3. The molecule has 4 heteroatoms. The first-order valence-corrected chi connectivity index (χ1v) is 8.56. The van der Waals surface area contributed by atoms with E-state index in [1.807, 2.05) is 24.3 Å². The van der Waals surface area contributed by atoms with E-state index in [1.165, 1.54) is 45.3 Å². The number of methoxy groups -OCH3 is 1. The van der Waals surface area contributed by atoms with E-state index in [9.17, 15) is 0 Å². The number of piperidine rings is 1. The molecule has 1 aromatic rings. The third-order valence-corrected chi connectivity index (χ3v) is 4.71. The van der Waals surface area contributed by atoms with Crippen LogP contribution in [0.4, 0.5) is 0 Å². The highest BCUT2D eigenvalue weighted by Crippen LogP contribution is 2.28. The lowest BCUT2D eigenvalue weighted by Crippen LogP contribution is -2.44. The molecule has 1 heterocycles. The molecule has 1 saturated carbocycles. The molecule has 3 rings (SSSR count). The minimum Gasteiger partial charge on any atom is -0.493 e. The molecular formula is C18H28N2O2. The normalized spacial score (nSPS) is 20.0. The van der Waals surface area contributed by atoms with Gasteiger partial charge >= 0.3 is 0 Å². The van der Waals surface area contributed by atoms with Crippen molar-refractivity contribution >= 4 is 0 Å². The van der Waals surface area contributed by atoms with Crippen molar-refractivity contribution in [1.82, 2.24) is 10.2 Å². The van der Waals surface area contributed by atoms with Crippen LogP contribution in [-0.4, -0.2) is 50.8 Å². The molecule has 122 valence electrons. The average molecular weight is 304 g/mol. The first-order valence-electron chi connectivity index (χ1n) is 8.56. The summed E-state index contributed by atoms with van der Waals surface area (Å²) in [6.07, 6.45) is 5.40. The second-order valence-corrected chi connectivity index (χ2v) is 6.47. The van der Waals surface area contributed by atoms with Gasteiger partial charge in [0, 0.05) is 12.6 Å². The van der Waals surface area contributed by atoms with Crippen LogP contribution in [0.5, 0.6) is 11.5 Å². The van der Waals surface area contributed by atoms with Gasteiger partial charge in [-0.3, -0.25) is 4.90 Å². The number of likely N-dealkylation sites (tertiary alicyclic amines) is 1. The Kier molecular flexibility index (Phi) is 5.57. The predicted octanol–water partition coefficient (Wildman–Crippen LogP) is 2.54. The van der Waals surface area contributed by atoms with E-state index in [0.717, 1.165) is 36.6 Å². The molecule has 0 radical (unpaired) electrons. The summed E-state index contributed by atoms with van der Waals surface area (Å²) >= 11 is 0.